The average Bonchev–Trinajstić information content (AvgIpc) is 3.47. The number of halogens is 2. The molecule has 0 bridgehead atoms. The molecule has 3 aromatic rings. The van der Waals surface area contributed by atoms with E-state index in [4.69, 9.17) is 4.74 Å². The zero-order chi connectivity index (χ0) is 32.8. The minimum Gasteiger partial charge on any atom is -0.496 e. The number of ether oxygens (including phenoxy) is 1. The first-order chi connectivity index (χ1) is 21.3. The smallest absolute Gasteiger partial charge is 0.253 e. The highest BCUT2D eigenvalue weighted by molar-refractivity contribution is 5.95. The molecule has 6 heteroatoms. The van der Waals surface area contributed by atoms with Crippen LogP contribution in [-0.4, -0.2) is 44.1 Å². The maximum atomic E-state index is 13.7. The van der Waals surface area contributed by atoms with Crippen LogP contribution in [0.15, 0.2) is 60.7 Å². The number of hydrogen-bond acceptors (Lipinski definition) is 3. The van der Waals surface area contributed by atoms with Gasteiger partial charge in [-0.05, 0) is 96.6 Å². The quantitative estimate of drug-likeness (QED) is 0.206. The van der Waals surface area contributed by atoms with E-state index >= 15 is 0 Å². The molecular weight excluding hydrogens is 566 g/mol. The molecule has 1 amide bonds. The predicted molar refractivity (Wildman–Crippen MR) is 180 cm³/mol. The lowest BCUT2D eigenvalue weighted by Crippen LogP contribution is -2.32. The number of likely N-dealkylation sites (tertiary alicyclic amines) is 1. The second-order valence-corrected chi connectivity index (χ2v) is 14.7. The van der Waals surface area contributed by atoms with E-state index in [1.807, 2.05) is 41.3 Å². The Labute approximate surface area is 269 Å². The van der Waals surface area contributed by atoms with Crippen molar-refractivity contribution in [2.45, 2.75) is 90.4 Å². The SMILES string of the molecule is COc1c(C(C)(C)C)cc(C(=O)N2CCC(CNCCCCCC(c3ccc(F)cc3)c3ccc(F)cc3)C2)cc1C(C)(C)C. The van der Waals surface area contributed by atoms with Gasteiger partial charge in [0, 0.05) is 35.7 Å². The van der Waals surface area contributed by atoms with Crippen LogP contribution in [0.5, 0.6) is 5.75 Å². The standard InChI is InChI=1S/C39H52F2N2O2/c1-38(2,3)34-23-30(24-35(36(34)45-7)39(4,5)6)37(44)43-22-20-27(26-43)25-42-21-10-8-9-11-33(28-12-16-31(40)17-13-28)29-14-18-32(41)19-15-29/h12-19,23-24,27,33,42H,8-11,20-22,25-26H2,1-7H3. The van der Waals surface area contributed by atoms with Gasteiger partial charge in [0.25, 0.3) is 5.91 Å². The van der Waals surface area contributed by atoms with E-state index in [2.05, 4.69) is 46.9 Å². The van der Waals surface area contributed by atoms with Gasteiger partial charge in [0.15, 0.2) is 0 Å². The first-order valence-electron chi connectivity index (χ1n) is 16.5. The highest BCUT2D eigenvalue weighted by Gasteiger charge is 2.32. The summed E-state index contributed by atoms with van der Waals surface area (Å²) in [5.41, 5.74) is 4.70. The summed E-state index contributed by atoms with van der Waals surface area (Å²) in [6, 6.07) is 17.4. The highest BCUT2D eigenvalue weighted by Crippen LogP contribution is 2.41. The fourth-order valence-corrected chi connectivity index (χ4v) is 6.45. The Morgan fingerprint density at radius 2 is 1.40 bits per heavy atom. The number of unbranched alkanes of at least 4 members (excludes halogenated alkanes) is 2. The van der Waals surface area contributed by atoms with Crippen LogP contribution < -0.4 is 10.1 Å². The first kappa shape index (κ1) is 34.6. The van der Waals surface area contributed by atoms with Gasteiger partial charge in [0.2, 0.25) is 0 Å². The lowest BCUT2D eigenvalue weighted by atomic mass is 9.78. The van der Waals surface area contributed by atoms with E-state index < -0.39 is 0 Å². The third-order valence-electron chi connectivity index (χ3n) is 9.05. The Kier molecular flexibility index (Phi) is 11.5. The molecule has 0 radical (unpaired) electrons. The summed E-state index contributed by atoms with van der Waals surface area (Å²) in [5.74, 6) is 1.05. The maximum absolute atomic E-state index is 13.7. The number of carbonyl (C=O) groups is 1. The minimum absolute atomic E-state index is 0.105. The Bertz CT molecular complexity index is 1320. The number of carbonyl (C=O) groups excluding carboxylic acids is 1. The van der Waals surface area contributed by atoms with Crippen LogP contribution in [-0.2, 0) is 10.8 Å². The Balaban J connectivity index is 1.26. The molecule has 0 spiro atoms. The van der Waals surface area contributed by atoms with Gasteiger partial charge in [-0.15, -0.1) is 0 Å². The zero-order valence-electron chi connectivity index (χ0n) is 28.3. The molecule has 1 saturated heterocycles. The van der Waals surface area contributed by atoms with Crippen molar-refractivity contribution in [3.05, 3.63) is 100 Å². The number of nitrogens with one attached hydrogen (secondary N) is 1. The molecule has 0 aromatic heterocycles. The van der Waals surface area contributed by atoms with Gasteiger partial charge in [-0.2, -0.15) is 0 Å². The summed E-state index contributed by atoms with van der Waals surface area (Å²) >= 11 is 0. The molecule has 45 heavy (non-hydrogen) atoms. The highest BCUT2D eigenvalue weighted by atomic mass is 19.1. The lowest BCUT2D eigenvalue weighted by molar-refractivity contribution is 0.0786. The largest absolute Gasteiger partial charge is 0.496 e. The monoisotopic (exact) mass is 618 g/mol. The Morgan fingerprint density at radius 1 is 0.867 bits per heavy atom. The summed E-state index contributed by atoms with van der Waals surface area (Å²) in [5, 5.41) is 3.63. The van der Waals surface area contributed by atoms with Crippen LogP contribution in [0.4, 0.5) is 8.78 Å². The maximum Gasteiger partial charge on any atom is 0.253 e. The van der Waals surface area contributed by atoms with Crippen molar-refractivity contribution in [2.75, 3.05) is 33.3 Å². The molecule has 1 aliphatic heterocycles. The van der Waals surface area contributed by atoms with Gasteiger partial charge < -0.3 is 15.0 Å². The van der Waals surface area contributed by atoms with Crippen molar-refractivity contribution in [3.63, 3.8) is 0 Å². The van der Waals surface area contributed by atoms with Crippen LogP contribution >= 0.6 is 0 Å². The van der Waals surface area contributed by atoms with E-state index in [9.17, 15) is 13.6 Å². The lowest BCUT2D eigenvalue weighted by Gasteiger charge is -2.30. The van der Waals surface area contributed by atoms with Crippen LogP contribution in [0, 0.1) is 17.6 Å². The van der Waals surface area contributed by atoms with E-state index in [1.165, 1.54) is 24.3 Å². The van der Waals surface area contributed by atoms with Crippen molar-refractivity contribution >= 4 is 5.91 Å². The fraction of sp³-hybridized carbons (Fsp3) is 0.513. The second-order valence-electron chi connectivity index (χ2n) is 14.7. The molecule has 1 atom stereocenters. The van der Waals surface area contributed by atoms with E-state index in [0.717, 1.165) is 91.8 Å². The minimum atomic E-state index is -0.248. The summed E-state index contributed by atoms with van der Waals surface area (Å²) < 4.78 is 33.0. The van der Waals surface area contributed by atoms with Crippen molar-refractivity contribution in [1.82, 2.24) is 10.2 Å². The molecule has 1 heterocycles. The molecule has 1 N–H and O–H groups in total. The fourth-order valence-electron chi connectivity index (χ4n) is 6.45. The van der Waals surface area contributed by atoms with Crippen molar-refractivity contribution in [1.29, 1.82) is 0 Å². The van der Waals surface area contributed by atoms with E-state index in [0.29, 0.717) is 5.92 Å². The number of methoxy groups -OCH3 is 1. The van der Waals surface area contributed by atoms with Crippen LogP contribution in [0.25, 0.3) is 0 Å². The van der Waals surface area contributed by atoms with Gasteiger partial charge in [-0.1, -0.05) is 78.6 Å². The van der Waals surface area contributed by atoms with Crippen molar-refractivity contribution in [2.24, 2.45) is 5.92 Å². The number of rotatable bonds is 12. The van der Waals surface area contributed by atoms with Gasteiger partial charge in [-0.3, -0.25) is 4.79 Å². The van der Waals surface area contributed by atoms with Gasteiger partial charge in [0.1, 0.15) is 17.4 Å². The molecule has 4 nitrogen and oxygen atoms in total. The Hall–Kier alpha value is -3.25. The molecule has 0 saturated carbocycles. The zero-order valence-corrected chi connectivity index (χ0v) is 28.3. The molecule has 1 unspecified atom stereocenters. The third kappa shape index (κ3) is 9.16. The molecule has 1 fully saturated rings. The first-order valence-corrected chi connectivity index (χ1v) is 16.5. The average molecular weight is 619 g/mol. The third-order valence-corrected chi connectivity index (χ3v) is 9.05. The van der Waals surface area contributed by atoms with Crippen molar-refractivity contribution in [3.8, 4) is 5.75 Å². The molecule has 4 rings (SSSR count). The van der Waals surface area contributed by atoms with E-state index in [1.54, 1.807) is 7.11 Å². The number of amides is 1. The number of benzene rings is 3. The molecule has 244 valence electrons. The topological polar surface area (TPSA) is 41.6 Å². The number of nitrogens with zero attached hydrogens (tertiary/aromatic N) is 1. The summed E-state index contributed by atoms with van der Waals surface area (Å²) in [4.78, 5) is 15.7. The normalized spacial score (nSPS) is 15.6. The van der Waals surface area contributed by atoms with Crippen molar-refractivity contribution < 1.29 is 18.3 Å². The summed E-state index contributed by atoms with van der Waals surface area (Å²) in [7, 11) is 1.72. The van der Waals surface area contributed by atoms with E-state index in [-0.39, 0.29) is 34.3 Å². The molecule has 1 aliphatic rings. The van der Waals surface area contributed by atoms with Gasteiger partial charge >= 0.3 is 0 Å². The van der Waals surface area contributed by atoms with Crippen LogP contribution in [0.2, 0.25) is 0 Å². The summed E-state index contributed by atoms with van der Waals surface area (Å²) in [6.07, 6.45) is 5.10. The van der Waals surface area contributed by atoms with Crippen LogP contribution in [0.3, 0.4) is 0 Å². The van der Waals surface area contributed by atoms with Crippen LogP contribution in [0.1, 0.15) is 112 Å². The molecular formula is C39H52F2N2O2. The Morgan fingerprint density at radius 3 is 1.89 bits per heavy atom. The number of hydrogen-bond donors (Lipinski definition) is 1. The van der Waals surface area contributed by atoms with Gasteiger partial charge in [-0.25, -0.2) is 8.78 Å². The van der Waals surface area contributed by atoms with Gasteiger partial charge in [0.05, 0.1) is 7.11 Å². The predicted octanol–water partition coefficient (Wildman–Crippen LogP) is 9.01. The molecule has 3 aromatic carbocycles. The second kappa shape index (κ2) is 14.9. The summed E-state index contributed by atoms with van der Waals surface area (Å²) in [6.45, 7) is 16.4. The molecule has 0 aliphatic carbocycles.